The SMILES string of the molecule is CC(=O)N1CCC(n2ccc(=O)[nH]2)CC1C. The molecule has 1 aliphatic heterocycles. The van der Waals surface area contributed by atoms with Crippen molar-refractivity contribution < 1.29 is 4.79 Å². The minimum atomic E-state index is -0.0679. The zero-order valence-corrected chi connectivity index (χ0v) is 9.64. The molecule has 1 aromatic rings. The van der Waals surface area contributed by atoms with Crippen molar-refractivity contribution in [1.29, 1.82) is 0 Å². The van der Waals surface area contributed by atoms with Crippen LogP contribution in [-0.4, -0.2) is 33.2 Å². The highest BCUT2D eigenvalue weighted by molar-refractivity contribution is 5.73. The maximum absolute atomic E-state index is 11.3. The van der Waals surface area contributed by atoms with Gasteiger partial charge in [-0.25, -0.2) is 0 Å². The third-order valence-electron chi connectivity index (χ3n) is 3.27. The Morgan fingerprint density at radius 3 is 2.81 bits per heavy atom. The monoisotopic (exact) mass is 223 g/mol. The van der Waals surface area contributed by atoms with Gasteiger partial charge in [0.25, 0.3) is 5.56 Å². The largest absolute Gasteiger partial charge is 0.340 e. The zero-order valence-electron chi connectivity index (χ0n) is 9.64. The van der Waals surface area contributed by atoms with Gasteiger partial charge in [-0.2, -0.15) is 0 Å². The van der Waals surface area contributed by atoms with E-state index in [0.29, 0.717) is 6.04 Å². The second-order valence-electron chi connectivity index (χ2n) is 4.44. The number of piperidine rings is 1. The maximum atomic E-state index is 11.3. The Morgan fingerprint density at radius 2 is 2.31 bits per heavy atom. The molecule has 5 heteroatoms. The Labute approximate surface area is 94.0 Å². The topological polar surface area (TPSA) is 58.1 Å². The number of carbonyl (C=O) groups excluding carboxylic acids is 1. The first kappa shape index (κ1) is 11.0. The van der Waals surface area contributed by atoms with Crippen LogP contribution in [0.15, 0.2) is 17.1 Å². The third kappa shape index (κ3) is 2.03. The van der Waals surface area contributed by atoms with E-state index in [1.807, 2.05) is 9.58 Å². The van der Waals surface area contributed by atoms with Crippen LogP contribution < -0.4 is 5.56 Å². The molecule has 5 nitrogen and oxygen atoms in total. The number of nitrogens with one attached hydrogen (secondary N) is 1. The summed E-state index contributed by atoms with van der Waals surface area (Å²) in [5, 5.41) is 2.77. The molecule has 16 heavy (non-hydrogen) atoms. The van der Waals surface area contributed by atoms with Crippen molar-refractivity contribution in [2.45, 2.75) is 38.8 Å². The zero-order chi connectivity index (χ0) is 11.7. The summed E-state index contributed by atoms with van der Waals surface area (Å²) in [7, 11) is 0. The number of amides is 1. The van der Waals surface area contributed by atoms with Gasteiger partial charge in [0.2, 0.25) is 5.91 Å². The van der Waals surface area contributed by atoms with Gasteiger partial charge in [0.1, 0.15) is 0 Å². The van der Waals surface area contributed by atoms with Gasteiger partial charge < -0.3 is 4.90 Å². The molecule has 0 spiro atoms. The number of aromatic nitrogens is 2. The first-order chi connectivity index (χ1) is 7.58. The van der Waals surface area contributed by atoms with E-state index in [-0.39, 0.29) is 17.5 Å². The summed E-state index contributed by atoms with van der Waals surface area (Å²) in [6.45, 7) is 4.42. The van der Waals surface area contributed by atoms with Gasteiger partial charge in [-0.1, -0.05) is 0 Å². The second-order valence-corrected chi connectivity index (χ2v) is 4.44. The van der Waals surface area contributed by atoms with E-state index < -0.39 is 0 Å². The minimum absolute atomic E-state index is 0.0679. The van der Waals surface area contributed by atoms with Crippen LogP contribution in [0.1, 0.15) is 32.7 Å². The summed E-state index contributed by atoms with van der Waals surface area (Å²) in [5.74, 6) is 0.131. The quantitative estimate of drug-likeness (QED) is 0.763. The van der Waals surface area contributed by atoms with Crippen LogP contribution in [-0.2, 0) is 4.79 Å². The van der Waals surface area contributed by atoms with Gasteiger partial charge in [-0.3, -0.25) is 19.4 Å². The van der Waals surface area contributed by atoms with Crippen molar-refractivity contribution in [3.8, 4) is 0 Å². The van der Waals surface area contributed by atoms with Gasteiger partial charge in [-0.15, -0.1) is 0 Å². The van der Waals surface area contributed by atoms with Gasteiger partial charge in [0.05, 0.1) is 6.04 Å². The molecule has 2 heterocycles. The molecule has 1 amide bonds. The van der Waals surface area contributed by atoms with Gasteiger partial charge >= 0.3 is 0 Å². The highest BCUT2D eigenvalue weighted by atomic mass is 16.2. The lowest BCUT2D eigenvalue weighted by Crippen LogP contribution is -2.44. The molecule has 1 fully saturated rings. The number of carbonyl (C=O) groups is 1. The molecule has 1 aliphatic rings. The smallest absolute Gasteiger partial charge is 0.264 e. The first-order valence-electron chi connectivity index (χ1n) is 5.62. The highest BCUT2D eigenvalue weighted by Crippen LogP contribution is 2.25. The van der Waals surface area contributed by atoms with Crippen molar-refractivity contribution in [1.82, 2.24) is 14.7 Å². The van der Waals surface area contributed by atoms with E-state index in [1.165, 1.54) is 6.07 Å². The standard InChI is InChI=1S/C11H17N3O2/c1-8-7-10(3-5-13(8)9(2)15)14-6-4-11(16)12-14/h4,6,8,10H,3,5,7H2,1-2H3,(H,12,16). The van der Waals surface area contributed by atoms with E-state index in [0.717, 1.165) is 19.4 Å². The maximum Gasteiger partial charge on any atom is 0.264 e. The number of rotatable bonds is 1. The molecule has 0 aromatic carbocycles. The van der Waals surface area contributed by atoms with Crippen molar-refractivity contribution >= 4 is 5.91 Å². The lowest BCUT2D eigenvalue weighted by molar-refractivity contribution is -0.132. The van der Waals surface area contributed by atoms with E-state index in [4.69, 9.17) is 0 Å². The molecule has 2 unspecified atom stereocenters. The first-order valence-corrected chi connectivity index (χ1v) is 5.62. The fourth-order valence-electron chi connectivity index (χ4n) is 2.43. The number of hydrogen-bond donors (Lipinski definition) is 1. The van der Waals surface area contributed by atoms with Crippen molar-refractivity contribution in [3.63, 3.8) is 0 Å². The fourth-order valence-corrected chi connectivity index (χ4v) is 2.43. The van der Waals surface area contributed by atoms with Crippen LogP contribution in [0.5, 0.6) is 0 Å². The molecule has 88 valence electrons. The van der Waals surface area contributed by atoms with Crippen LogP contribution in [0.2, 0.25) is 0 Å². The normalized spacial score (nSPS) is 25.8. The fraction of sp³-hybridized carbons (Fsp3) is 0.636. The molecule has 1 N–H and O–H groups in total. The summed E-state index contributed by atoms with van der Waals surface area (Å²) >= 11 is 0. The molecule has 1 saturated heterocycles. The Morgan fingerprint density at radius 1 is 1.56 bits per heavy atom. The van der Waals surface area contributed by atoms with E-state index >= 15 is 0 Å². The Kier molecular flexibility index (Phi) is 2.85. The van der Waals surface area contributed by atoms with E-state index in [2.05, 4.69) is 12.0 Å². The summed E-state index contributed by atoms with van der Waals surface area (Å²) in [6, 6.07) is 2.07. The average molecular weight is 223 g/mol. The molecule has 0 aliphatic carbocycles. The predicted octanol–water partition coefficient (Wildman–Crippen LogP) is 0.748. The highest BCUT2D eigenvalue weighted by Gasteiger charge is 2.27. The average Bonchev–Trinajstić information content (AvgIpc) is 2.64. The lowest BCUT2D eigenvalue weighted by Gasteiger charge is -2.37. The molecule has 0 radical (unpaired) electrons. The van der Waals surface area contributed by atoms with Crippen LogP contribution in [0.3, 0.4) is 0 Å². The van der Waals surface area contributed by atoms with Crippen molar-refractivity contribution in [2.24, 2.45) is 0 Å². The molecule has 2 atom stereocenters. The van der Waals surface area contributed by atoms with Crippen molar-refractivity contribution in [2.75, 3.05) is 6.54 Å². The van der Waals surface area contributed by atoms with Crippen LogP contribution in [0.25, 0.3) is 0 Å². The molecule has 1 aromatic heterocycles. The Balaban J connectivity index is 2.07. The van der Waals surface area contributed by atoms with Crippen LogP contribution >= 0.6 is 0 Å². The summed E-state index contributed by atoms with van der Waals surface area (Å²) in [5.41, 5.74) is -0.0679. The molecule has 0 saturated carbocycles. The number of likely N-dealkylation sites (tertiary alicyclic amines) is 1. The van der Waals surface area contributed by atoms with E-state index in [1.54, 1.807) is 13.1 Å². The predicted molar refractivity (Wildman–Crippen MR) is 60.2 cm³/mol. The number of nitrogens with zero attached hydrogens (tertiary/aromatic N) is 2. The molecular formula is C11H17N3O2. The third-order valence-corrected chi connectivity index (χ3v) is 3.27. The Hall–Kier alpha value is -1.52. The van der Waals surface area contributed by atoms with Gasteiger partial charge in [0.15, 0.2) is 0 Å². The van der Waals surface area contributed by atoms with E-state index in [9.17, 15) is 9.59 Å². The lowest BCUT2D eigenvalue weighted by atomic mass is 9.98. The summed E-state index contributed by atoms with van der Waals surface area (Å²) in [6.07, 6.45) is 3.57. The Bertz CT molecular complexity index is 434. The number of aromatic amines is 1. The van der Waals surface area contributed by atoms with Gasteiger partial charge in [-0.05, 0) is 19.8 Å². The van der Waals surface area contributed by atoms with Crippen molar-refractivity contribution in [3.05, 3.63) is 22.6 Å². The molecular weight excluding hydrogens is 206 g/mol. The summed E-state index contributed by atoms with van der Waals surface area (Å²) in [4.78, 5) is 24.3. The van der Waals surface area contributed by atoms with Crippen LogP contribution in [0.4, 0.5) is 0 Å². The number of hydrogen-bond acceptors (Lipinski definition) is 2. The second kappa shape index (κ2) is 4.15. The number of H-pyrrole nitrogens is 1. The summed E-state index contributed by atoms with van der Waals surface area (Å²) < 4.78 is 1.86. The molecule has 0 bridgehead atoms. The minimum Gasteiger partial charge on any atom is -0.340 e. The van der Waals surface area contributed by atoms with Crippen LogP contribution in [0, 0.1) is 0 Å². The van der Waals surface area contributed by atoms with Gasteiger partial charge in [0, 0.05) is 31.8 Å². The molecule has 2 rings (SSSR count).